The maximum Gasteiger partial charge on any atom is 0.228 e. The number of aromatic nitrogens is 1. The molecule has 1 saturated heterocycles. The van der Waals surface area contributed by atoms with Crippen LogP contribution in [0.25, 0.3) is 0 Å². The van der Waals surface area contributed by atoms with Crippen molar-refractivity contribution in [3.63, 3.8) is 0 Å². The number of benzene rings is 1. The van der Waals surface area contributed by atoms with Crippen LogP contribution in [0.3, 0.4) is 0 Å². The van der Waals surface area contributed by atoms with Crippen molar-refractivity contribution in [1.29, 1.82) is 0 Å². The predicted octanol–water partition coefficient (Wildman–Crippen LogP) is 2.07. The number of anilines is 2. The molecule has 3 heterocycles. The molecule has 0 saturated carbocycles. The molecule has 4 rings (SSSR count). The summed E-state index contributed by atoms with van der Waals surface area (Å²) in [6, 6.07) is 14.2. The van der Waals surface area contributed by atoms with Gasteiger partial charge in [-0.2, -0.15) is 0 Å². The normalized spacial score (nSPS) is 18.2. The van der Waals surface area contributed by atoms with Gasteiger partial charge in [0.15, 0.2) is 0 Å². The molecule has 0 atom stereocenters. The van der Waals surface area contributed by atoms with Gasteiger partial charge in [0, 0.05) is 58.4 Å². The Morgan fingerprint density at radius 2 is 1.68 bits per heavy atom. The van der Waals surface area contributed by atoms with Crippen LogP contribution in [-0.2, 0) is 11.3 Å². The Kier molecular flexibility index (Phi) is 5.88. The molecule has 0 bridgehead atoms. The topological polar surface area (TPSA) is 42.9 Å². The van der Waals surface area contributed by atoms with Gasteiger partial charge in [0.2, 0.25) is 5.91 Å². The largest absolute Gasteiger partial charge is 0.362 e. The maximum atomic E-state index is 13.0. The van der Waals surface area contributed by atoms with Crippen LogP contribution in [-0.4, -0.2) is 73.6 Å². The molecule has 0 unspecified atom stereocenters. The van der Waals surface area contributed by atoms with Crippen molar-refractivity contribution in [3.05, 3.63) is 54.4 Å². The van der Waals surface area contributed by atoms with Crippen molar-refractivity contribution in [2.75, 3.05) is 62.7 Å². The Hall–Kier alpha value is -2.44. The van der Waals surface area contributed by atoms with Gasteiger partial charge in [-0.05, 0) is 31.3 Å². The summed E-state index contributed by atoms with van der Waals surface area (Å²) in [4.78, 5) is 26.5. The van der Waals surface area contributed by atoms with Gasteiger partial charge in [-0.1, -0.05) is 18.2 Å². The van der Waals surface area contributed by atoms with Crippen molar-refractivity contribution in [1.82, 2.24) is 14.8 Å². The number of fused-ring (bicyclic) bond motifs is 1. The maximum absolute atomic E-state index is 13.0. The minimum Gasteiger partial charge on any atom is -0.362 e. The molecule has 28 heavy (non-hydrogen) atoms. The van der Waals surface area contributed by atoms with Crippen molar-refractivity contribution in [3.8, 4) is 0 Å². The molecule has 1 fully saturated rings. The van der Waals surface area contributed by atoms with E-state index in [4.69, 9.17) is 0 Å². The van der Waals surface area contributed by atoms with E-state index in [2.05, 4.69) is 44.9 Å². The zero-order chi connectivity index (χ0) is 19.3. The summed E-state index contributed by atoms with van der Waals surface area (Å²) in [7, 11) is 2.16. The fourth-order valence-electron chi connectivity index (χ4n) is 3.99. The number of piperazine rings is 1. The molecule has 0 aliphatic carbocycles. The number of amides is 1. The first kappa shape index (κ1) is 18.9. The Morgan fingerprint density at radius 1 is 0.929 bits per heavy atom. The summed E-state index contributed by atoms with van der Waals surface area (Å²) in [6.45, 7) is 7.45. The molecular formula is C22H29N5O. The molecule has 0 radical (unpaired) electrons. The number of carbonyl (C=O) groups excluding carboxylic acids is 1. The van der Waals surface area contributed by atoms with Crippen LogP contribution in [0.15, 0.2) is 48.7 Å². The Bertz CT molecular complexity index is 789. The lowest BCUT2D eigenvalue weighted by atomic mass is 10.1. The highest BCUT2D eigenvalue weighted by Crippen LogP contribution is 2.34. The third-order valence-electron chi connectivity index (χ3n) is 5.72. The molecule has 1 aromatic carbocycles. The van der Waals surface area contributed by atoms with Crippen LogP contribution in [0.5, 0.6) is 0 Å². The SMILES string of the molecule is CN1CCN(CCC(=O)N2CCN(Cc3ccccn3)c3ccccc32)CC1. The first-order chi connectivity index (χ1) is 13.7. The second-order valence-corrected chi connectivity index (χ2v) is 7.67. The van der Waals surface area contributed by atoms with Crippen LogP contribution >= 0.6 is 0 Å². The fourth-order valence-corrected chi connectivity index (χ4v) is 3.99. The number of carbonyl (C=O) groups is 1. The summed E-state index contributed by atoms with van der Waals surface area (Å²) in [5.74, 6) is 0.226. The van der Waals surface area contributed by atoms with Gasteiger partial charge in [0.25, 0.3) is 0 Å². The van der Waals surface area contributed by atoms with E-state index >= 15 is 0 Å². The van der Waals surface area contributed by atoms with Crippen LogP contribution in [0.2, 0.25) is 0 Å². The molecule has 0 N–H and O–H groups in total. The number of nitrogens with zero attached hydrogens (tertiary/aromatic N) is 5. The lowest BCUT2D eigenvalue weighted by Gasteiger charge is -2.38. The van der Waals surface area contributed by atoms with E-state index in [1.165, 1.54) is 0 Å². The highest BCUT2D eigenvalue weighted by Gasteiger charge is 2.27. The molecule has 1 amide bonds. The second kappa shape index (κ2) is 8.71. The highest BCUT2D eigenvalue weighted by atomic mass is 16.2. The van der Waals surface area contributed by atoms with Crippen molar-refractivity contribution in [2.24, 2.45) is 0 Å². The third kappa shape index (κ3) is 4.34. The lowest BCUT2D eigenvalue weighted by molar-refractivity contribution is -0.119. The smallest absolute Gasteiger partial charge is 0.228 e. The van der Waals surface area contributed by atoms with Gasteiger partial charge < -0.3 is 19.6 Å². The zero-order valence-corrected chi connectivity index (χ0v) is 16.6. The fraction of sp³-hybridized carbons (Fsp3) is 0.455. The quantitative estimate of drug-likeness (QED) is 0.796. The number of hydrogen-bond acceptors (Lipinski definition) is 5. The van der Waals surface area contributed by atoms with E-state index in [0.29, 0.717) is 6.42 Å². The van der Waals surface area contributed by atoms with E-state index in [1.54, 1.807) is 0 Å². The Labute approximate surface area is 167 Å². The summed E-state index contributed by atoms with van der Waals surface area (Å²) in [5, 5.41) is 0. The number of pyridine rings is 1. The summed E-state index contributed by atoms with van der Waals surface area (Å²) >= 11 is 0. The summed E-state index contributed by atoms with van der Waals surface area (Å²) < 4.78 is 0. The summed E-state index contributed by atoms with van der Waals surface area (Å²) in [5.41, 5.74) is 3.19. The van der Waals surface area contributed by atoms with Crippen molar-refractivity contribution >= 4 is 17.3 Å². The minimum atomic E-state index is 0.226. The average molecular weight is 380 g/mol. The first-order valence-electron chi connectivity index (χ1n) is 10.2. The van der Waals surface area contributed by atoms with Gasteiger partial charge >= 0.3 is 0 Å². The molecule has 2 aromatic rings. The van der Waals surface area contributed by atoms with E-state index in [1.807, 2.05) is 35.4 Å². The number of hydrogen-bond donors (Lipinski definition) is 0. The molecule has 148 valence electrons. The van der Waals surface area contributed by atoms with E-state index in [-0.39, 0.29) is 5.91 Å². The number of para-hydroxylation sites is 2. The van der Waals surface area contributed by atoms with Crippen LogP contribution in [0.1, 0.15) is 12.1 Å². The lowest BCUT2D eigenvalue weighted by Crippen LogP contribution is -2.47. The summed E-state index contributed by atoms with van der Waals surface area (Å²) in [6.07, 6.45) is 2.41. The van der Waals surface area contributed by atoms with Crippen molar-refractivity contribution in [2.45, 2.75) is 13.0 Å². The molecule has 1 aromatic heterocycles. The number of likely N-dealkylation sites (N-methyl/N-ethyl adjacent to an activating group) is 1. The van der Waals surface area contributed by atoms with Crippen LogP contribution in [0.4, 0.5) is 11.4 Å². The zero-order valence-electron chi connectivity index (χ0n) is 16.6. The van der Waals surface area contributed by atoms with Gasteiger partial charge in [-0.3, -0.25) is 9.78 Å². The molecule has 0 spiro atoms. The van der Waals surface area contributed by atoms with Gasteiger partial charge in [0.1, 0.15) is 0 Å². The first-order valence-corrected chi connectivity index (χ1v) is 10.2. The van der Waals surface area contributed by atoms with E-state index < -0.39 is 0 Å². The molecule has 6 heteroatoms. The van der Waals surface area contributed by atoms with E-state index in [9.17, 15) is 4.79 Å². The van der Waals surface area contributed by atoms with Gasteiger partial charge in [-0.15, -0.1) is 0 Å². The predicted molar refractivity (Wildman–Crippen MR) is 113 cm³/mol. The van der Waals surface area contributed by atoms with Crippen LogP contribution in [0, 0.1) is 0 Å². The Morgan fingerprint density at radius 3 is 2.43 bits per heavy atom. The van der Waals surface area contributed by atoms with Crippen LogP contribution < -0.4 is 9.80 Å². The average Bonchev–Trinajstić information content (AvgIpc) is 2.74. The Balaban J connectivity index is 1.42. The van der Waals surface area contributed by atoms with Gasteiger partial charge in [-0.25, -0.2) is 0 Å². The molecular weight excluding hydrogens is 350 g/mol. The van der Waals surface area contributed by atoms with E-state index in [0.717, 1.165) is 69.4 Å². The number of rotatable bonds is 5. The van der Waals surface area contributed by atoms with Gasteiger partial charge in [0.05, 0.1) is 23.6 Å². The minimum absolute atomic E-state index is 0.226. The second-order valence-electron chi connectivity index (χ2n) is 7.67. The third-order valence-corrected chi connectivity index (χ3v) is 5.72. The molecule has 6 nitrogen and oxygen atoms in total. The monoisotopic (exact) mass is 379 g/mol. The molecule has 2 aliphatic rings. The standard InChI is InChI=1S/C22H29N5O/c1-24-12-14-25(15-13-24)11-9-22(28)27-17-16-26(18-19-6-4-5-10-23-19)20-7-2-3-8-21(20)27/h2-8,10H,9,11-18H2,1H3. The van der Waals surface area contributed by atoms with Crippen molar-refractivity contribution < 1.29 is 4.79 Å². The molecule has 2 aliphatic heterocycles. The highest BCUT2D eigenvalue weighted by molar-refractivity contribution is 5.97.